The summed E-state index contributed by atoms with van der Waals surface area (Å²) in [6.07, 6.45) is 0. The summed E-state index contributed by atoms with van der Waals surface area (Å²) in [5.74, 6) is -1.85. The van der Waals surface area contributed by atoms with E-state index in [1.165, 1.54) is 6.07 Å². The fraction of sp³-hybridized carbons (Fsp3) is 0.375. The van der Waals surface area contributed by atoms with Crippen LogP contribution in [0.2, 0.25) is 0 Å². The Morgan fingerprint density at radius 1 is 1.29 bits per heavy atom. The zero-order valence-electron chi connectivity index (χ0n) is 13.1. The average Bonchev–Trinajstić information content (AvgIpc) is 2.54. The maximum atomic E-state index is 14.2. The molecule has 2 aliphatic heterocycles. The minimum atomic E-state index is -0.977. The highest BCUT2D eigenvalue weighted by Crippen LogP contribution is 2.30. The lowest BCUT2D eigenvalue weighted by molar-refractivity contribution is -0.131. The first-order valence-corrected chi connectivity index (χ1v) is 7.57. The van der Waals surface area contributed by atoms with Gasteiger partial charge in [0, 0.05) is 30.4 Å². The van der Waals surface area contributed by atoms with Crippen molar-refractivity contribution in [3.8, 4) is 0 Å². The predicted octanol–water partition coefficient (Wildman–Crippen LogP) is 1.45. The van der Waals surface area contributed by atoms with E-state index in [0.717, 1.165) is 12.1 Å². The molecule has 2 N–H and O–H groups in total. The summed E-state index contributed by atoms with van der Waals surface area (Å²) >= 11 is 0. The van der Waals surface area contributed by atoms with E-state index in [1.54, 1.807) is 11.8 Å². The van der Waals surface area contributed by atoms with E-state index in [1.807, 2.05) is 0 Å². The predicted molar refractivity (Wildman–Crippen MR) is 80.9 cm³/mol. The second-order valence-electron chi connectivity index (χ2n) is 5.64. The Labute approximate surface area is 137 Å². The van der Waals surface area contributed by atoms with Gasteiger partial charge in [-0.15, -0.1) is 0 Å². The van der Waals surface area contributed by atoms with Gasteiger partial charge >= 0.3 is 6.03 Å². The first-order chi connectivity index (χ1) is 11.5. The van der Waals surface area contributed by atoms with Gasteiger partial charge in [-0.05, 0) is 13.0 Å². The molecule has 3 rings (SSSR count). The van der Waals surface area contributed by atoms with E-state index in [9.17, 15) is 18.4 Å². The molecule has 1 aromatic carbocycles. The number of allylic oxidation sites excluding steroid dienone is 1. The molecule has 0 spiro atoms. The Morgan fingerprint density at radius 3 is 2.67 bits per heavy atom. The number of urea groups is 1. The van der Waals surface area contributed by atoms with Crippen LogP contribution in [0.4, 0.5) is 13.6 Å². The summed E-state index contributed by atoms with van der Waals surface area (Å²) in [5.41, 5.74) is 0.633. The quantitative estimate of drug-likeness (QED) is 0.858. The van der Waals surface area contributed by atoms with Crippen LogP contribution in [0.25, 0.3) is 0 Å². The van der Waals surface area contributed by atoms with Gasteiger partial charge in [-0.3, -0.25) is 4.79 Å². The molecule has 8 heteroatoms. The number of halogens is 2. The van der Waals surface area contributed by atoms with Gasteiger partial charge in [0.05, 0.1) is 24.8 Å². The van der Waals surface area contributed by atoms with Crippen molar-refractivity contribution in [1.82, 2.24) is 15.5 Å². The molecular weight excluding hydrogens is 320 g/mol. The van der Waals surface area contributed by atoms with Crippen LogP contribution in [-0.2, 0) is 9.53 Å². The molecule has 0 saturated carbocycles. The third-order valence-electron chi connectivity index (χ3n) is 4.07. The number of nitrogens with one attached hydrogen (secondary N) is 2. The molecule has 6 nitrogen and oxygen atoms in total. The Bertz CT molecular complexity index is 715. The van der Waals surface area contributed by atoms with Crippen molar-refractivity contribution in [1.29, 1.82) is 0 Å². The van der Waals surface area contributed by atoms with Crippen molar-refractivity contribution in [2.75, 3.05) is 26.3 Å². The number of rotatable bonds is 2. The van der Waals surface area contributed by atoms with Gasteiger partial charge in [-0.2, -0.15) is 0 Å². The van der Waals surface area contributed by atoms with Crippen molar-refractivity contribution in [2.24, 2.45) is 0 Å². The Hall–Kier alpha value is -2.48. The van der Waals surface area contributed by atoms with E-state index < -0.39 is 23.7 Å². The standard InChI is InChI=1S/C16H17F2N3O3/c1-9-13(15(22)21-4-6-24-7-5-21)14(20-16(23)19-9)11-3-2-10(17)8-12(11)18/h2-3,8,14H,4-7H2,1H3,(H2,19,20,23). The highest BCUT2D eigenvalue weighted by Gasteiger charge is 2.35. The minimum Gasteiger partial charge on any atom is -0.378 e. The van der Waals surface area contributed by atoms with Gasteiger partial charge in [0.25, 0.3) is 5.91 Å². The molecule has 24 heavy (non-hydrogen) atoms. The van der Waals surface area contributed by atoms with Gasteiger partial charge in [-0.1, -0.05) is 6.07 Å². The number of ether oxygens (including phenoxy) is 1. The van der Waals surface area contributed by atoms with Crippen LogP contribution in [0, 0.1) is 11.6 Å². The summed E-state index contributed by atoms with van der Waals surface area (Å²) in [7, 11) is 0. The molecule has 1 aromatic rings. The molecule has 0 aromatic heterocycles. The number of morpholine rings is 1. The summed E-state index contributed by atoms with van der Waals surface area (Å²) in [4.78, 5) is 26.2. The van der Waals surface area contributed by atoms with E-state index in [2.05, 4.69) is 10.6 Å². The van der Waals surface area contributed by atoms with Crippen molar-refractivity contribution in [3.05, 3.63) is 46.7 Å². The molecule has 2 heterocycles. The van der Waals surface area contributed by atoms with Crippen LogP contribution in [0.5, 0.6) is 0 Å². The zero-order chi connectivity index (χ0) is 17.3. The second-order valence-corrected chi connectivity index (χ2v) is 5.64. The van der Waals surface area contributed by atoms with Gasteiger partial charge in [0.2, 0.25) is 0 Å². The number of nitrogens with zero attached hydrogens (tertiary/aromatic N) is 1. The first-order valence-electron chi connectivity index (χ1n) is 7.57. The van der Waals surface area contributed by atoms with Crippen LogP contribution in [0.1, 0.15) is 18.5 Å². The topological polar surface area (TPSA) is 70.7 Å². The van der Waals surface area contributed by atoms with Crippen LogP contribution in [-0.4, -0.2) is 43.1 Å². The lowest BCUT2D eigenvalue weighted by Crippen LogP contribution is -2.49. The summed E-state index contributed by atoms with van der Waals surface area (Å²) in [5, 5.41) is 5.08. The number of hydrogen-bond donors (Lipinski definition) is 2. The lowest BCUT2D eigenvalue weighted by Gasteiger charge is -2.34. The molecule has 2 aliphatic rings. The van der Waals surface area contributed by atoms with Crippen LogP contribution in [0.3, 0.4) is 0 Å². The van der Waals surface area contributed by atoms with Crippen molar-refractivity contribution in [2.45, 2.75) is 13.0 Å². The maximum Gasteiger partial charge on any atom is 0.319 e. The third-order valence-corrected chi connectivity index (χ3v) is 4.07. The molecule has 128 valence electrons. The smallest absolute Gasteiger partial charge is 0.319 e. The van der Waals surface area contributed by atoms with E-state index in [4.69, 9.17) is 4.74 Å². The Kier molecular flexibility index (Phi) is 4.48. The maximum absolute atomic E-state index is 14.2. The highest BCUT2D eigenvalue weighted by atomic mass is 19.1. The van der Waals surface area contributed by atoms with Crippen LogP contribution >= 0.6 is 0 Å². The average molecular weight is 337 g/mol. The number of benzene rings is 1. The van der Waals surface area contributed by atoms with E-state index >= 15 is 0 Å². The van der Waals surface area contributed by atoms with Gasteiger partial charge < -0.3 is 20.3 Å². The molecule has 3 amide bonds. The van der Waals surface area contributed by atoms with Crippen LogP contribution < -0.4 is 10.6 Å². The fourth-order valence-electron chi connectivity index (χ4n) is 2.88. The highest BCUT2D eigenvalue weighted by molar-refractivity contribution is 5.98. The largest absolute Gasteiger partial charge is 0.378 e. The first kappa shape index (κ1) is 16.4. The van der Waals surface area contributed by atoms with Crippen molar-refractivity contribution >= 4 is 11.9 Å². The molecule has 1 atom stereocenters. The molecular formula is C16H17F2N3O3. The number of carbonyl (C=O) groups is 2. The normalized spacial score (nSPS) is 21.4. The third kappa shape index (κ3) is 3.09. The molecule has 1 saturated heterocycles. The molecule has 0 radical (unpaired) electrons. The van der Waals surface area contributed by atoms with Crippen molar-refractivity contribution in [3.63, 3.8) is 0 Å². The minimum absolute atomic E-state index is 0.0437. The molecule has 1 fully saturated rings. The summed E-state index contributed by atoms with van der Waals surface area (Å²) in [6, 6.07) is 1.55. The number of amides is 3. The van der Waals surface area contributed by atoms with E-state index in [-0.39, 0.29) is 17.0 Å². The van der Waals surface area contributed by atoms with Gasteiger partial charge in [0.15, 0.2) is 0 Å². The lowest BCUT2D eigenvalue weighted by atomic mass is 9.94. The van der Waals surface area contributed by atoms with Crippen molar-refractivity contribution < 1.29 is 23.1 Å². The summed E-state index contributed by atoms with van der Waals surface area (Å²) < 4.78 is 32.6. The molecule has 0 bridgehead atoms. The second kappa shape index (κ2) is 6.56. The molecule has 0 aliphatic carbocycles. The van der Waals surface area contributed by atoms with Gasteiger partial charge in [-0.25, -0.2) is 13.6 Å². The van der Waals surface area contributed by atoms with E-state index in [0.29, 0.717) is 32.0 Å². The fourth-order valence-corrected chi connectivity index (χ4v) is 2.88. The SMILES string of the molecule is CC1=C(C(=O)N2CCOCC2)C(c2ccc(F)cc2F)NC(=O)N1. The Balaban J connectivity index is 2.00. The number of hydrogen-bond acceptors (Lipinski definition) is 3. The van der Waals surface area contributed by atoms with Gasteiger partial charge in [0.1, 0.15) is 11.6 Å². The zero-order valence-corrected chi connectivity index (χ0v) is 13.1. The monoisotopic (exact) mass is 337 g/mol. The number of carbonyl (C=O) groups excluding carboxylic acids is 2. The summed E-state index contributed by atoms with van der Waals surface area (Å²) in [6.45, 7) is 3.27. The molecule has 1 unspecified atom stereocenters. The van der Waals surface area contributed by atoms with Crippen LogP contribution in [0.15, 0.2) is 29.5 Å². The Morgan fingerprint density at radius 2 is 2.00 bits per heavy atom.